The Morgan fingerprint density at radius 1 is 1.42 bits per heavy atom. The molecule has 1 amide bonds. The Labute approximate surface area is 142 Å². The first-order chi connectivity index (χ1) is 11.5. The molecule has 24 heavy (non-hydrogen) atoms. The molecule has 6 heteroatoms. The van der Waals surface area contributed by atoms with Crippen LogP contribution in [0, 0.1) is 22.6 Å². The smallest absolute Gasteiger partial charge is 0.253 e. The van der Waals surface area contributed by atoms with Gasteiger partial charge in [0.1, 0.15) is 11.9 Å². The summed E-state index contributed by atoms with van der Waals surface area (Å²) in [6.07, 6.45) is 1.31. The van der Waals surface area contributed by atoms with Gasteiger partial charge in [0.15, 0.2) is 0 Å². The first-order valence-electron chi connectivity index (χ1n) is 8.15. The summed E-state index contributed by atoms with van der Waals surface area (Å²) in [6.45, 7) is 1.54. The lowest BCUT2D eigenvalue weighted by Crippen LogP contribution is -2.49. The minimum atomic E-state index is -0.500. The van der Waals surface area contributed by atoms with Crippen molar-refractivity contribution in [3.05, 3.63) is 35.6 Å². The van der Waals surface area contributed by atoms with Crippen molar-refractivity contribution in [2.75, 3.05) is 33.8 Å². The molecule has 0 aromatic heterocycles. The predicted octanol–water partition coefficient (Wildman–Crippen LogP) is 1.73. The van der Waals surface area contributed by atoms with Crippen LogP contribution >= 0.6 is 0 Å². The van der Waals surface area contributed by atoms with Gasteiger partial charge < -0.3 is 15.0 Å². The van der Waals surface area contributed by atoms with E-state index in [-0.39, 0.29) is 11.7 Å². The molecule has 0 saturated carbocycles. The van der Waals surface area contributed by atoms with Crippen LogP contribution in [0.1, 0.15) is 18.4 Å². The van der Waals surface area contributed by atoms with E-state index >= 15 is 0 Å². The van der Waals surface area contributed by atoms with Crippen molar-refractivity contribution in [1.29, 1.82) is 5.26 Å². The fraction of sp³-hybridized carbons (Fsp3) is 0.556. The zero-order chi connectivity index (χ0) is 17.6. The minimum Gasteiger partial charge on any atom is -0.370 e. The molecule has 1 unspecified atom stereocenters. The molecular weight excluding hydrogens is 309 g/mol. The number of rotatable bonds is 6. The van der Waals surface area contributed by atoms with Crippen LogP contribution in [0.15, 0.2) is 24.3 Å². The number of ether oxygens (including phenoxy) is 1. The summed E-state index contributed by atoms with van der Waals surface area (Å²) >= 11 is 0. The molecule has 2 rings (SSSR count). The Balaban J connectivity index is 1.99. The van der Waals surface area contributed by atoms with E-state index in [0.717, 1.165) is 5.56 Å². The molecule has 0 spiro atoms. The van der Waals surface area contributed by atoms with E-state index in [1.165, 1.54) is 19.2 Å². The number of likely N-dealkylation sites (N-methyl/N-ethyl adjacent to an activating group) is 1. The fourth-order valence-electron chi connectivity index (χ4n) is 3.14. The number of hydrogen-bond donors (Lipinski definition) is 1. The van der Waals surface area contributed by atoms with Crippen molar-refractivity contribution in [3.8, 4) is 6.07 Å². The number of benzene rings is 1. The monoisotopic (exact) mass is 333 g/mol. The quantitative estimate of drug-likeness (QED) is 0.861. The van der Waals surface area contributed by atoms with E-state index < -0.39 is 11.5 Å². The van der Waals surface area contributed by atoms with Gasteiger partial charge in [-0.3, -0.25) is 4.79 Å². The van der Waals surface area contributed by atoms with Crippen LogP contribution in [-0.2, 0) is 16.0 Å². The molecule has 1 aromatic carbocycles. The Morgan fingerprint density at radius 2 is 2.04 bits per heavy atom. The standard InChI is InChI=1S/C18H24FN3O2/c1-21-12-16(24-2)17(23)22-9-7-18(13-20,8-10-22)11-14-3-5-15(19)6-4-14/h3-6,16,21H,7-12H2,1-2H3. The highest BCUT2D eigenvalue weighted by atomic mass is 19.1. The number of nitriles is 1. The van der Waals surface area contributed by atoms with Crippen molar-refractivity contribution in [2.45, 2.75) is 25.4 Å². The number of likely N-dealkylation sites (tertiary alicyclic amines) is 1. The fourth-order valence-corrected chi connectivity index (χ4v) is 3.14. The zero-order valence-electron chi connectivity index (χ0n) is 14.2. The van der Waals surface area contributed by atoms with Crippen LogP contribution in [-0.4, -0.2) is 50.7 Å². The second-order valence-electron chi connectivity index (χ2n) is 6.30. The number of nitrogens with zero attached hydrogens (tertiary/aromatic N) is 2. The maximum Gasteiger partial charge on any atom is 0.253 e. The molecule has 0 bridgehead atoms. The molecule has 1 aliphatic heterocycles. The van der Waals surface area contributed by atoms with Crippen LogP contribution in [0.5, 0.6) is 0 Å². The zero-order valence-corrected chi connectivity index (χ0v) is 14.2. The highest BCUT2D eigenvalue weighted by Gasteiger charge is 2.37. The van der Waals surface area contributed by atoms with Gasteiger partial charge in [0, 0.05) is 26.7 Å². The number of piperidine rings is 1. The summed E-state index contributed by atoms with van der Waals surface area (Å²) < 4.78 is 18.3. The second kappa shape index (κ2) is 8.22. The lowest BCUT2D eigenvalue weighted by Gasteiger charge is -2.38. The molecule has 1 N–H and O–H groups in total. The average Bonchev–Trinajstić information content (AvgIpc) is 2.61. The van der Waals surface area contributed by atoms with Crippen molar-refractivity contribution >= 4 is 5.91 Å². The van der Waals surface area contributed by atoms with Crippen molar-refractivity contribution in [3.63, 3.8) is 0 Å². The summed E-state index contributed by atoms with van der Waals surface area (Å²) in [4.78, 5) is 14.2. The van der Waals surface area contributed by atoms with E-state index in [0.29, 0.717) is 38.9 Å². The summed E-state index contributed by atoms with van der Waals surface area (Å²) in [7, 11) is 3.30. The average molecular weight is 333 g/mol. The molecule has 1 aromatic rings. The second-order valence-corrected chi connectivity index (χ2v) is 6.30. The molecule has 1 atom stereocenters. The van der Waals surface area contributed by atoms with Crippen LogP contribution in [0.25, 0.3) is 0 Å². The van der Waals surface area contributed by atoms with Gasteiger partial charge in [-0.2, -0.15) is 5.26 Å². The van der Waals surface area contributed by atoms with Gasteiger partial charge in [-0.25, -0.2) is 4.39 Å². The molecular formula is C18H24FN3O2. The van der Waals surface area contributed by atoms with Gasteiger partial charge in [-0.05, 0) is 44.0 Å². The highest BCUT2D eigenvalue weighted by molar-refractivity contribution is 5.81. The normalized spacial score (nSPS) is 18.0. The van der Waals surface area contributed by atoms with Crippen molar-refractivity contribution in [1.82, 2.24) is 10.2 Å². The van der Waals surface area contributed by atoms with Crippen LogP contribution < -0.4 is 5.32 Å². The topological polar surface area (TPSA) is 65.4 Å². The van der Waals surface area contributed by atoms with E-state index in [4.69, 9.17) is 4.74 Å². The maximum absolute atomic E-state index is 13.0. The molecule has 5 nitrogen and oxygen atoms in total. The van der Waals surface area contributed by atoms with Gasteiger partial charge in [-0.15, -0.1) is 0 Å². The van der Waals surface area contributed by atoms with Gasteiger partial charge in [0.05, 0.1) is 11.5 Å². The number of carbonyl (C=O) groups excluding carboxylic acids is 1. The lowest BCUT2D eigenvalue weighted by atomic mass is 9.75. The van der Waals surface area contributed by atoms with Crippen molar-refractivity contribution < 1.29 is 13.9 Å². The number of halogens is 1. The molecule has 1 saturated heterocycles. The Bertz CT molecular complexity index is 589. The summed E-state index contributed by atoms with van der Waals surface area (Å²) in [6, 6.07) is 8.71. The van der Waals surface area contributed by atoms with Crippen LogP contribution in [0.3, 0.4) is 0 Å². The Kier molecular flexibility index (Phi) is 6.29. The Morgan fingerprint density at radius 3 is 2.54 bits per heavy atom. The number of amides is 1. The predicted molar refractivity (Wildman–Crippen MR) is 88.7 cm³/mol. The first-order valence-corrected chi connectivity index (χ1v) is 8.15. The lowest BCUT2D eigenvalue weighted by molar-refractivity contribution is -0.143. The number of carbonyl (C=O) groups is 1. The number of nitrogens with one attached hydrogen (secondary N) is 1. The maximum atomic E-state index is 13.0. The number of methoxy groups -OCH3 is 1. The van der Waals surface area contributed by atoms with E-state index in [1.807, 2.05) is 0 Å². The molecule has 1 fully saturated rings. The van der Waals surface area contributed by atoms with E-state index in [9.17, 15) is 14.4 Å². The van der Waals surface area contributed by atoms with Gasteiger partial charge >= 0.3 is 0 Å². The van der Waals surface area contributed by atoms with Crippen molar-refractivity contribution in [2.24, 2.45) is 5.41 Å². The van der Waals surface area contributed by atoms with E-state index in [1.54, 1.807) is 24.1 Å². The summed E-state index contributed by atoms with van der Waals surface area (Å²) in [5.74, 6) is -0.319. The molecule has 1 aliphatic rings. The first kappa shape index (κ1) is 18.4. The summed E-state index contributed by atoms with van der Waals surface area (Å²) in [5, 5.41) is 12.6. The third kappa shape index (κ3) is 4.31. The number of hydrogen-bond acceptors (Lipinski definition) is 4. The third-order valence-electron chi connectivity index (χ3n) is 4.67. The SMILES string of the molecule is CNCC(OC)C(=O)N1CCC(C#N)(Cc2ccc(F)cc2)CC1. The Hall–Kier alpha value is -1.97. The van der Waals surface area contributed by atoms with Gasteiger partial charge in [0.2, 0.25) is 0 Å². The molecule has 130 valence electrons. The van der Waals surface area contributed by atoms with Gasteiger partial charge in [-0.1, -0.05) is 12.1 Å². The van der Waals surface area contributed by atoms with Crippen LogP contribution in [0.2, 0.25) is 0 Å². The molecule has 1 heterocycles. The highest BCUT2D eigenvalue weighted by Crippen LogP contribution is 2.34. The van der Waals surface area contributed by atoms with E-state index in [2.05, 4.69) is 11.4 Å². The minimum absolute atomic E-state index is 0.0415. The molecule has 0 aliphatic carbocycles. The largest absolute Gasteiger partial charge is 0.370 e. The summed E-state index contributed by atoms with van der Waals surface area (Å²) in [5.41, 5.74) is 0.447. The van der Waals surface area contributed by atoms with Gasteiger partial charge in [0.25, 0.3) is 5.91 Å². The van der Waals surface area contributed by atoms with Crippen LogP contribution in [0.4, 0.5) is 4.39 Å². The third-order valence-corrected chi connectivity index (χ3v) is 4.67. The molecule has 0 radical (unpaired) electrons.